The summed E-state index contributed by atoms with van der Waals surface area (Å²) in [6.07, 6.45) is 1.81. The van der Waals surface area contributed by atoms with Gasteiger partial charge in [0.1, 0.15) is 18.0 Å². The number of carbonyl (C=O) groups is 2. The highest BCUT2D eigenvalue weighted by molar-refractivity contribution is 5.99. The summed E-state index contributed by atoms with van der Waals surface area (Å²) in [5.74, 6) is -5.00. The van der Waals surface area contributed by atoms with Crippen molar-refractivity contribution in [1.82, 2.24) is 20.0 Å². The third-order valence-corrected chi connectivity index (χ3v) is 4.31. The molecule has 0 saturated heterocycles. The van der Waals surface area contributed by atoms with Crippen LogP contribution in [0.25, 0.3) is 0 Å². The van der Waals surface area contributed by atoms with Crippen LogP contribution < -0.4 is 21.3 Å². The van der Waals surface area contributed by atoms with E-state index in [0.29, 0.717) is 6.07 Å². The number of aromatic nitrogens is 2. The zero-order valence-corrected chi connectivity index (χ0v) is 16.0. The van der Waals surface area contributed by atoms with Crippen LogP contribution in [0.1, 0.15) is 20.8 Å². The predicted octanol–water partition coefficient (Wildman–Crippen LogP) is -0.388. The molecule has 2 amide bonds. The molecule has 0 saturated carbocycles. The molecule has 1 aliphatic rings. The lowest BCUT2D eigenvalue weighted by molar-refractivity contribution is 0.0629. The van der Waals surface area contributed by atoms with Gasteiger partial charge in [0.05, 0.1) is 12.8 Å². The van der Waals surface area contributed by atoms with Crippen LogP contribution in [0.2, 0.25) is 0 Å². The maximum absolute atomic E-state index is 13.6. The van der Waals surface area contributed by atoms with Gasteiger partial charge in [0.15, 0.2) is 23.1 Å². The zero-order valence-electron chi connectivity index (χ0n) is 16.0. The lowest BCUT2D eigenvalue weighted by Crippen LogP contribution is -2.53. The minimum Gasteiger partial charge on any atom is -0.502 e. The Morgan fingerprint density at radius 2 is 2.10 bits per heavy atom. The van der Waals surface area contributed by atoms with Gasteiger partial charge in [0.25, 0.3) is 11.8 Å². The van der Waals surface area contributed by atoms with Crippen molar-refractivity contribution in [1.29, 1.82) is 0 Å². The van der Waals surface area contributed by atoms with Crippen molar-refractivity contribution in [2.24, 2.45) is 0 Å². The first-order chi connectivity index (χ1) is 14.2. The summed E-state index contributed by atoms with van der Waals surface area (Å²) in [6.45, 7) is 0.599. The molecule has 0 atom stereocenters. The van der Waals surface area contributed by atoms with E-state index in [1.807, 2.05) is 5.43 Å². The number of nitrogens with one attached hydrogen (secondary N) is 2. The molecule has 160 valence electrons. The van der Waals surface area contributed by atoms with E-state index in [4.69, 9.17) is 4.74 Å². The minimum absolute atomic E-state index is 0.113. The smallest absolute Gasteiger partial charge is 0.277 e. The van der Waals surface area contributed by atoms with Crippen LogP contribution >= 0.6 is 0 Å². The van der Waals surface area contributed by atoms with E-state index in [1.54, 1.807) is 7.05 Å². The Labute approximate surface area is 168 Å². The molecular weight excluding hydrogens is 406 g/mol. The first kappa shape index (κ1) is 21.0. The molecule has 11 nitrogen and oxygen atoms in total. The maximum Gasteiger partial charge on any atom is 0.277 e. The van der Waals surface area contributed by atoms with E-state index in [-0.39, 0.29) is 25.5 Å². The third kappa shape index (κ3) is 3.87. The molecule has 0 aromatic carbocycles. The van der Waals surface area contributed by atoms with Crippen LogP contribution in [-0.2, 0) is 4.74 Å². The van der Waals surface area contributed by atoms with E-state index in [9.17, 15) is 28.3 Å². The number of ether oxygens (including phenoxy) is 1. The molecule has 30 heavy (non-hydrogen) atoms. The standard InChI is InChI=1S/C17H18F2N6O5/c1-23-8-24(3-4-30-2)17(29)12-14(27)13(26)10(7-25(12)23)16(28)22-21-15-11(19)5-9(18)6-20-15/h5-7,27H,3-4,8H2,1-2H3,(H,20,21)(H,22,28). The number of hydrogen-bond acceptors (Lipinski definition) is 8. The Morgan fingerprint density at radius 1 is 1.37 bits per heavy atom. The highest BCUT2D eigenvalue weighted by Gasteiger charge is 2.33. The van der Waals surface area contributed by atoms with Gasteiger partial charge in [-0.1, -0.05) is 0 Å². The fraction of sp³-hybridized carbons (Fsp3) is 0.294. The Kier molecular flexibility index (Phi) is 5.82. The second-order valence-corrected chi connectivity index (χ2v) is 6.34. The number of nitrogens with zero attached hydrogens (tertiary/aromatic N) is 4. The van der Waals surface area contributed by atoms with Gasteiger partial charge >= 0.3 is 0 Å². The number of hydrogen-bond donors (Lipinski definition) is 3. The van der Waals surface area contributed by atoms with Crippen molar-refractivity contribution < 1.29 is 28.2 Å². The largest absolute Gasteiger partial charge is 0.502 e. The number of pyridine rings is 2. The summed E-state index contributed by atoms with van der Waals surface area (Å²) in [5, 5.41) is 11.8. The summed E-state index contributed by atoms with van der Waals surface area (Å²) in [4.78, 5) is 42.3. The number of methoxy groups -OCH3 is 1. The number of halogens is 2. The van der Waals surface area contributed by atoms with Crippen LogP contribution in [0.3, 0.4) is 0 Å². The number of amides is 2. The van der Waals surface area contributed by atoms with Crippen molar-refractivity contribution >= 4 is 17.6 Å². The first-order valence-corrected chi connectivity index (χ1v) is 8.60. The van der Waals surface area contributed by atoms with Gasteiger partial charge in [-0.05, 0) is 0 Å². The number of fused-ring (bicyclic) bond motifs is 1. The van der Waals surface area contributed by atoms with Crippen molar-refractivity contribution in [3.63, 3.8) is 0 Å². The summed E-state index contributed by atoms with van der Waals surface area (Å²) < 4.78 is 32.6. The second-order valence-electron chi connectivity index (χ2n) is 6.34. The van der Waals surface area contributed by atoms with Crippen molar-refractivity contribution in [3.8, 4) is 5.75 Å². The van der Waals surface area contributed by atoms with Crippen LogP contribution in [0, 0.1) is 11.6 Å². The normalized spacial score (nSPS) is 13.3. The lowest BCUT2D eigenvalue weighted by atomic mass is 10.2. The molecule has 2 aromatic rings. The average Bonchev–Trinajstić information content (AvgIpc) is 2.70. The molecule has 0 spiro atoms. The van der Waals surface area contributed by atoms with Gasteiger partial charge in [-0.25, -0.2) is 13.8 Å². The van der Waals surface area contributed by atoms with E-state index >= 15 is 0 Å². The van der Waals surface area contributed by atoms with Gasteiger partial charge < -0.3 is 14.7 Å². The molecule has 3 rings (SSSR count). The van der Waals surface area contributed by atoms with Crippen molar-refractivity contribution in [3.05, 3.63) is 51.6 Å². The highest BCUT2D eigenvalue weighted by Crippen LogP contribution is 2.20. The van der Waals surface area contributed by atoms with Crippen LogP contribution in [0.15, 0.2) is 23.3 Å². The number of rotatable bonds is 6. The predicted molar refractivity (Wildman–Crippen MR) is 99.5 cm³/mol. The van der Waals surface area contributed by atoms with Gasteiger partial charge in [-0.15, -0.1) is 0 Å². The molecule has 3 N–H and O–H groups in total. The molecule has 2 aromatic heterocycles. The van der Waals surface area contributed by atoms with Crippen molar-refractivity contribution in [2.75, 3.05) is 44.4 Å². The molecule has 0 aliphatic carbocycles. The Balaban J connectivity index is 1.88. The monoisotopic (exact) mass is 424 g/mol. The number of carbonyl (C=O) groups excluding carboxylic acids is 2. The topological polar surface area (TPSA) is 129 Å². The quantitative estimate of drug-likeness (QED) is 0.535. The van der Waals surface area contributed by atoms with Crippen LogP contribution in [0.5, 0.6) is 5.75 Å². The van der Waals surface area contributed by atoms with Gasteiger partial charge in [-0.2, -0.15) is 0 Å². The second kappa shape index (κ2) is 8.32. The summed E-state index contributed by atoms with van der Waals surface area (Å²) in [5.41, 5.74) is 2.26. The molecule has 0 radical (unpaired) electrons. The van der Waals surface area contributed by atoms with Crippen LogP contribution in [-0.4, -0.2) is 65.5 Å². The lowest BCUT2D eigenvalue weighted by Gasteiger charge is -2.37. The molecule has 3 heterocycles. The summed E-state index contributed by atoms with van der Waals surface area (Å²) in [6, 6.07) is 0.553. The molecule has 0 unspecified atom stereocenters. The van der Waals surface area contributed by atoms with Crippen LogP contribution in [0.4, 0.5) is 14.6 Å². The highest BCUT2D eigenvalue weighted by atomic mass is 19.1. The summed E-state index contributed by atoms with van der Waals surface area (Å²) >= 11 is 0. The summed E-state index contributed by atoms with van der Waals surface area (Å²) in [7, 11) is 3.05. The molecule has 1 aliphatic heterocycles. The van der Waals surface area contributed by atoms with Crippen molar-refractivity contribution in [2.45, 2.75) is 0 Å². The Hall–Kier alpha value is -3.74. The number of anilines is 1. The molecule has 13 heteroatoms. The Morgan fingerprint density at radius 3 is 2.77 bits per heavy atom. The SMILES string of the molecule is COCCN1CN(C)n2cc(C(=O)NNc3ncc(F)cc3F)c(=O)c(O)c2C1=O. The van der Waals surface area contributed by atoms with E-state index in [2.05, 4.69) is 10.4 Å². The zero-order chi connectivity index (χ0) is 22.0. The minimum atomic E-state index is -1.09. The third-order valence-electron chi connectivity index (χ3n) is 4.31. The maximum atomic E-state index is 13.6. The molecular formula is C17H18F2N6O5. The number of aromatic hydroxyl groups is 1. The molecule has 0 bridgehead atoms. The number of hydrazine groups is 1. The van der Waals surface area contributed by atoms with E-state index < -0.39 is 46.0 Å². The fourth-order valence-corrected chi connectivity index (χ4v) is 2.81. The average molecular weight is 424 g/mol. The Bertz CT molecular complexity index is 1060. The van der Waals surface area contributed by atoms with E-state index in [1.165, 1.54) is 21.7 Å². The molecule has 0 fully saturated rings. The first-order valence-electron chi connectivity index (χ1n) is 8.60. The van der Waals surface area contributed by atoms with Gasteiger partial charge in [0.2, 0.25) is 5.43 Å². The fourth-order valence-electron chi connectivity index (χ4n) is 2.81. The van der Waals surface area contributed by atoms with Gasteiger partial charge in [0, 0.05) is 33.0 Å². The van der Waals surface area contributed by atoms with E-state index in [0.717, 1.165) is 12.4 Å². The van der Waals surface area contributed by atoms with Gasteiger partial charge in [-0.3, -0.25) is 34.9 Å².